The van der Waals surface area contributed by atoms with E-state index in [0.717, 1.165) is 35.1 Å². The van der Waals surface area contributed by atoms with Crippen LogP contribution in [0.3, 0.4) is 0 Å². The first-order valence-electron chi connectivity index (χ1n) is 8.27. The molecule has 0 aliphatic carbocycles. The van der Waals surface area contributed by atoms with Gasteiger partial charge >= 0.3 is 0 Å². The van der Waals surface area contributed by atoms with Crippen LogP contribution < -0.4 is 16.0 Å². The van der Waals surface area contributed by atoms with Crippen LogP contribution in [0.5, 0.6) is 0 Å². The van der Waals surface area contributed by atoms with Crippen LogP contribution in [-0.4, -0.2) is 43.7 Å². The van der Waals surface area contributed by atoms with Crippen molar-refractivity contribution in [2.45, 2.75) is 31.6 Å². The van der Waals surface area contributed by atoms with E-state index >= 15 is 0 Å². The summed E-state index contributed by atoms with van der Waals surface area (Å²) >= 11 is 0. The van der Waals surface area contributed by atoms with E-state index in [1.165, 1.54) is 0 Å². The average Bonchev–Trinajstić information content (AvgIpc) is 3.08. The van der Waals surface area contributed by atoms with Gasteiger partial charge < -0.3 is 20.7 Å². The molecule has 8 heteroatoms. The van der Waals surface area contributed by atoms with Crippen LogP contribution in [0.15, 0.2) is 30.3 Å². The van der Waals surface area contributed by atoms with Crippen LogP contribution >= 0.6 is 24.8 Å². The number of anilines is 1. The summed E-state index contributed by atoms with van der Waals surface area (Å²) < 4.78 is 5.65. The Kier molecular flexibility index (Phi) is 8.56. The second kappa shape index (κ2) is 9.92. The van der Waals surface area contributed by atoms with E-state index in [4.69, 9.17) is 10.5 Å². The molecule has 1 aromatic heterocycles. The lowest BCUT2D eigenvalue weighted by Gasteiger charge is -2.16. The van der Waals surface area contributed by atoms with Crippen LogP contribution in [0, 0.1) is 0 Å². The third kappa shape index (κ3) is 4.98. The Hall–Kier alpha value is -1.60. The van der Waals surface area contributed by atoms with Crippen molar-refractivity contribution in [3.05, 3.63) is 35.9 Å². The van der Waals surface area contributed by atoms with E-state index in [-0.39, 0.29) is 42.9 Å². The third-order valence-corrected chi connectivity index (χ3v) is 4.36. The van der Waals surface area contributed by atoms with Crippen molar-refractivity contribution >= 4 is 47.4 Å². The second-order valence-electron chi connectivity index (χ2n) is 6.33. The number of aromatic nitrogens is 1. The van der Waals surface area contributed by atoms with Gasteiger partial charge in [0.2, 0.25) is 5.91 Å². The van der Waals surface area contributed by atoms with Crippen LogP contribution in [0.2, 0.25) is 0 Å². The van der Waals surface area contributed by atoms with Crippen molar-refractivity contribution in [2.24, 2.45) is 5.73 Å². The van der Waals surface area contributed by atoms with E-state index in [1.54, 1.807) is 0 Å². The van der Waals surface area contributed by atoms with Gasteiger partial charge in [0, 0.05) is 32.6 Å². The van der Waals surface area contributed by atoms with Gasteiger partial charge in [0.15, 0.2) is 0 Å². The Morgan fingerprint density at radius 3 is 2.69 bits per heavy atom. The topological polar surface area (TPSA) is 80.5 Å². The van der Waals surface area contributed by atoms with Crippen LogP contribution in [0.25, 0.3) is 10.9 Å². The van der Waals surface area contributed by atoms with Gasteiger partial charge in [-0.25, -0.2) is 4.98 Å². The molecule has 2 atom stereocenters. The molecule has 1 saturated heterocycles. The van der Waals surface area contributed by atoms with E-state index in [2.05, 4.69) is 10.3 Å². The molecule has 3 N–H and O–H groups in total. The Morgan fingerprint density at radius 1 is 1.31 bits per heavy atom. The Balaban J connectivity index is 0.00000169. The molecule has 6 nitrogen and oxygen atoms in total. The number of ether oxygens (including phenoxy) is 1. The van der Waals surface area contributed by atoms with Gasteiger partial charge in [-0.15, -0.1) is 24.8 Å². The fourth-order valence-corrected chi connectivity index (χ4v) is 2.98. The fraction of sp³-hybridized carbons (Fsp3) is 0.444. The van der Waals surface area contributed by atoms with Crippen molar-refractivity contribution < 1.29 is 9.53 Å². The van der Waals surface area contributed by atoms with Gasteiger partial charge in [-0.05, 0) is 30.5 Å². The van der Waals surface area contributed by atoms with Crippen LogP contribution in [0.1, 0.15) is 18.4 Å². The van der Waals surface area contributed by atoms with Gasteiger partial charge in [-0.3, -0.25) is 4.79 Å². The highest BCUT2D eigenvalue weighted by Gasteiger charge is 2.29. The third-order valence-electron chi connectivity index (χ3n) is 4.36. The van der Waals surface area contributed by atoms with Crippen molar-refractivity contribution in [1.82, 2.24) is 10.3 Å². The summed E-state index contributed by atoms with van der Waals surface area (Å²) in [5.74, 6) is 0.802. The molecule has 0 saturated carbocycles. The summed E-state index contributed by atoms with van der Waals surface area (Å²) in [4.78, 5) is 18.9. The Bertz CT molecular complexity index is 742. The van der Waals surface area contributed by atoms with Crippen molar-refractivity contribution in [3.63, 3.8) is 0 Å². The molecule has 2 aromatic rings. The molecular weight excluding hydrogens is 375 g/mol. The number of nitrogens with one attached hydrogen (secondary N) is 1. The smallest absolute Gasteiger partial charge is 0.249 e. The minimum absolute atomic E-state index is 0. The van der Waals surface area contributed by atoms with E-state index in [9.17, 15) is 4.79 Å². The first-order chi connectivity index (χ1) is 11.6. The molecule has 3 rings (SSSR count). The normalized spacial score (nSPS) is 18.7. The number of hydrogen-bond donors (Lipinski definition) is 2. The zero-order chi connectivity index (χ0) is 17.1. The largest absolute Gasteiger partial charge is 0.364 e. The number of amides is 1. The highest BCUT2D eigenvalue weighted by molar-refractivity contribution is 5.86. The highest BCUT2D eigenvalue weighted by Crippen LogP contribution is 2.23. The summed E-state index contributed by atoms with van der Waals surface area (Å²) in [5, 5.41) is 4.04. The lowest BCUT2D eigenvalue weighted by Crippen LogP contribution is -2.35. The minimum Gasteiger partial charge on any atom is -0.364 e. The maximum atomic E-state index is 12.3. The summed E-state index contributed by atoms with van der Waals surface area (Å²) in [7, 11) is 3.91. The maximum absolute atomic E-state index is 12.3. The van der Waals surface area contributed by atoms with Crippen molar-refractivity contribution in [2.75, 3.05) is 25.5 Å². The summed E-state index contributed by atoms with van der Waals surface area (Å²) in [6.45, 7) is 0.917. The van der Waals surface area contributed by atoms with E-state index in [0.29, 0.717) is 13.1 Å². The SMILES string of the molecule is CN(C)c1cc(CNC(=O)[C@@H]2CC[C@H](CN)O2)c2ccccc2n1.Cl.Cl. The highest BCUT2D eigenvalue weighted by atomic mass is 35.5. The van der Waals surface area contributed by atoms with Crippen molar-refractivity contribution in [3.8, 4) is 0 Å². The number of nitrogens with zero attached hydrogens (tertiary/aromatic N) is 2. The van der Waals surface area contributed by atoms with Gasteiger partial charge in [0.25, 0.3) is 0 Å². The van der Waals surface area contributed by atoms with Crippen LogP contribution in [-0.2, 0) is 16.1 Å². The molecule has 0 spiro atoms. The molecule has 1 amide bonds. The number of benzene rings is 1. The lowest BCUT2D eigenvalue weighted by molar-refractivity contribution is -0.132. The zero-order valence-corrected chi connectivity index (χ0v) is 16.6. The molecule has 0 unspecified atom stereocenters. The molecule has 1 fully saturated rings. The molecular formula is C18H26Cl2N4O2. The van der Waals surface area contributed by atoms with Crippen molar-refractivity contribution in [1.29, 1.82) is 0 Å². The molecule has 144 valence electrons. The molecule has 1 aromatic carbocycles. The Morgan fingerprint density at radius 2 is 2.04 bits per heavy atom. The monoisotopic (exact) mass is 400 g/mol. The first-order valence-corrected chi connectivity index (χ1v) is 8.27. The molecule has 0 radical (unpaired) electrons. The predicted octanol–water partition coefficient (Wildman–Crippen LogP) is 2.27. The summed E-state index contributed by atoms with van der Waals surface area (Å²) in [6.07, 6.45) is 1.19. The lowest BCUT2D eigenvalue weighted by atomic mass is 10.1. The average molecular weight is 401 g/mol. The number of fused-ring (bicyclic) bond motifs is 1. The number of carbonyl (C=O) groups is 1. The van der Waals surface area contributed by atoms with E-state index < -0.39 is 0 Å². The van der Waals surface area contributed by atoms with Gasteiger partial charge in [-0.2, -0.15) is 0 Å². The molecule has 1 aliphatic heterocycles. The standard InChI is InChI=1S/C18H24N4O2.2ClH/c1-22(2)17-9-12(14-5-3-4-6-15(14)21-17)11-20-18(23)16-8-7-13(10-19)24-16;;/h3-6,9,13,16H,7-8,10-11,19H2,1-2H3,(H,20,23);2*1H/t13-,16+;;/m1../s1. The molecule has 0 bridgehead atoms. The van der Waals surface area contributed by atoms with Crippen LogP contribution in [0.4, 0.5) is 5.82 Å². The summed E-state index contributed by atoms with van der Waals surface area (Å²) in [5.41, 5.74) is 7.57. The van der Waals surface area contributed by atoms with Gasteiger partial charge in [0.05, 0.1) is 11.6 Å². The number of halogens is 2. The van der Waals surface area contributed by atoms with E-state index in [1.807, 2.05) is 49.3 Å². The number of pyridine rings is 1. The molecule has 26 heavy (non-hydrogen) atoms. The zero-order valence-electron chi connectivity index (χ0n) is 15.0. The van der Waals surface area contributed by atoms with Gasteiger partial charge in [-0.1, -0.05) is 18.2 Å². The number of para-hydroxylation sites is 1. The number of rotatable bonds is 5. The summed E-state index contributed by atoms with van der Waals surface area (Å²) in [6, 6.07) is 9.98. The number of nitrogens with two attached hydrogens (primary N) is 1. The second-order valence-corrected chi connectivity index (χ2v) is 6.33. The molecule has 2 heterocycles. The number of hydrogen-bond acceptors (Lipinski definition) is 5. The Labute approximate surface area is 166 Å². The minimum atomic E-state index is -0.389. The fourth-order valence-electron chi connectivity index (χ4n) is 2.98. The quantitative estimate of drug-likeness (QED) is 0.804. The van der Waals surface area contributed by atoms with Gasteiger partial charge in [0.1, 0.15) is 11.9 Å². The number of carbonyl (C=O) groups excluding carboxylic acids is 1. The maximum Gasteiger partial charge on any atom is 0.249 e. The first kappa shape index (κ1) is 22.4. The predicted molar refractivity (Wildman–Crippen MR) is 109 cm³/mol. The molecule has 1 aliphatic rings.